The molecule has 0 amide bonds. The number of rotatable bonds is 4. The third-order valence-electron chi connectivity index (χ3n) is 4.14. The van der Waals surface area contributed by atoms with Crippen LogP contribution in [0.25, 0.3) is 0 Å². The van der Waals surface area contributed by atoms with Crippen molar-refractivity contribution in [2.75, 3.05) is 26.2 Å². The van der Waals surface area contributed by atoms with Gasteiger partial charge in [-0.25, -0.2) is 13.1 Å². The average Bonchev–Trinajstić information content (AvgIpc) is 2.53. The highest BCUT2D eigenvalue weighted by Gasteiger charge is 2.20. The second-order valence-electron chi connectivity index (χ2n) is 5.69. The maximum atomic E-state index is 12.4. The molecule has 21 heavy (non-hydrogen) atoms. The predicted molar refractivity (Wildman–Crippen MR) is 80.9 cm³/mol. The van der Waals surface area contributed by atoms with E-state index in [1.807, 2.05) is 12.1 Å². The summed E-state index contributed by atoms with van der Waals surface area (Å²) in [4.78, 5) is 0.368. The molecule has 1 heterocycles. The SMILES string of the molecule is O=S(=O)(NCC1CNCCO1)c1ccc2c(c1)CCCC2. The van der Waals surface area contributed by atoms with Crippen LogP contribution >= 0.6 is 0 Å². The molecule has 1 aliphatic carbocycles. The smallest absolute Gasteiger partial charge is 0.240 e. The molecule has 2 aliphatic rings. The second kappa shape index (κ2) is 6.44. The number of hydrogen-bond donors (Lipinski definition) is 2. The normalized spacial score (nSPS) is 22.8. The van der Waals surface area contributed by atoms with Crippen LogP contribution in [0.4, 0.5) is 0 Å². The minimum Gasteiger partial charge on any atom is -0.374 e. The van der Waals surface area contributed by atoms with Crippen LogP contribution in [0, 0.1) is 0 Å². The fourth-order valence-electron chi connectivity index (χ4n) is 2.91. The molecule has 2 N–H and O–H groups in total. The van der Waals surface area contributed by atoms with Crippen LogP contribution in [-0.4, -0.2) is 40.8 Å². The Morgan fingerprint density at radius 3 is 2.81 bits per heavy atom. The predicted octanol–water partition coefficient (Wildman–Crippen LogP) is 0.832. The van der Waals surface area contributed by atoms with Gasteiger partial charge < -0.3 is 10.1 Å². The van der Waals surface area contributed by atoms with Gasteiger partial charge in [0.25, 0.3) is 0 Å². The Hall–Kier alpha value is -0.950. The van der Waals surface area contributed by atoms with Gasteiger partial charge in [-0.15, -0.1) is 0 Å². The number of aryl methyl sites for hydroxylation is 2. The summed E-state index contributed by atoms with van der Waals surface area (Å²) in [6, 6.07) is 5.50. The van der Waals surface area contributed by atoms with E-state index in [0.717, 1.165) is 25.8 Å². The van der Waals surface area contributed by atoms with Crippen molar-refractivity contribution in [1.29, 1.82) is 0 Å². The van der Waals surface area contributed by atoms with E-state index in [2.05, 4.69) is 10.0 Å². The van der Waals surface area contributed by atoms with Crippen LogP contribution in [0.1, 0.15) is 24.0 Å². The molecule has 0 spiro atoms. The van der Waals surface area contributed by atoms with Crippen molar-refractivity contribution in [2.45, 2.75) is 36.7 Å². The first-order valence-electron chi connectivity index (χ1n) is 7.59. The van der Waals surface area contributed by atoms with Crippen molar-refractivity contribution in [3.63, 3.8) is 0 Å². The maximum absolute atomic E-state index is 12.4. The summed E-state index contributed by atoms with van der Waals surface area (Å²) in [5.41, 5.74) is 2.47. The molecule has 1 aliphatic heterocycles. The number of sulfonamides is 1. The van der Waals surface area contributed by atoms with Gasteiger partial charge >= 0.3 is 0 Å². The number of ether oxygens (including phenoxy) is 1. The lowest BCUT2D eigenvalue weighted by Crippen LogP contribution is -2.45. The van der Waals surface area contributed by atoms with Crippen molar-refractivity contribution in [3.05, 3.63) is 29.3 Å². The lowest BCUT2D eigenvalue weighted by Gasteiger charge is -2.24. The molecule has 6 heteroatoms. The summed E-state index contributed by atoms with van der Waals surface area (Å²) in [6.07, 6.45) is 4.29. The van der Waals surface area contributed by atoms with Crippen LogP contribution < -0.4 is 10.0 Å². The number of benzene rings is 1. The molecular weight excluding hydrogens is 288 g/mol. The Labute approximate surface area is 126 Å². The van der Waals surface area contributed by atoms with Gasteiger partial charge in [-0.1, -0.05) is 6.07 Å². The Morgan fingerprint density at radius 2 is 2.05 bits per heavy atom. The van der Waals surface area contributed by atoms with Gasteiger partial charge in [0, 0.05) is 19.6 Å². The van der Waals surface area contributed by atoms with E-state index in [9.17, 15) is 8.42 Å². The van der Waals surface area contributed by atoms with Gasteiger partial charge in [-0.05, 0) is 48.9 Å². The minimum absolute atomic E-state index is 0.0915. The first-order chi connectivity index (χ1) is 10.1. The van der Waals surface area contributed by atoms with Gasteiger partial charge in [-0.3, -0.25) is 0 Å². The molecule has 1 aromatic carbocycles. The minimum atomic E-state index is -3.45. The summed E-state index contributed by atoms with van der Waals surface area (Å²) in [5.74, 6) is 0. The fraction of sp³-hybridized carbons (Fsp3) is 0.600. The number of nitrogens with one attached hydrogen (secondary N) is 2. The highest BCUT2D eigenvalue weighted by atomic mass is 32.2. The summed E-state index contributed by atoms with van der Waals surface area (Å²) < 4.78 is 32.9. The third-order valence-corrected chi connectivity index (χ3v) is 5.56. The van der Waals surface area contributed by atoms with Gasteiger partial charge in [0.1, 0.15) is 0 Å². The van der Waals surface area contributed by atoms with E-state index in [1.165, 1.54) is 17.5 Å². The second-order valence-corrected chi connectivity index (χ2v) is 7.45. The Morgan fingerprint density at radius 1 is 1.24 bits per heavy atom. The maximum Gasteiger partial charge on any atom is 0.240 e. The van der Waals surface area contributed by atoms with Crippen LogP contribution in [0.15, 0.2) is 23.1 Å². The van der Waals surface area contributed by atoms with Crippen LogP contribution in [0.2, 0.25) is 0 Å². The van der Waals surface area contributed by atoms with Crippen molar-refractivity contribution in [3.8, 4) is 0 Å². The van der Waals surface area contributed by atoms with E-state index >= 15 is 0 Å². The topological polar surface area (TPSA) is 67.4 Å². The van der Waals surface area contributed by atoms with Crippen LogP contribution in [0.5, 0.6) is 0 Å². The van der Waals surface area contributed by atoms with Crippen LogP contribution in [-0.2, 0) is 27.6 Å². The molecule has 5 nitrogen and oxygen atoms in total. The molecule has 1 saturated heterocycles. The third kappa shape index (κ3) is 3.63. The summed E-state index contributed by atoms with van der Waals surface area (Å²) in [5, 5.41) is 3.19. The first kappa shape index (κ1) is 15.0. The van der Waals surface area contributed by atoms with E-state index in [0.29, 0.717) is 24.6 Å². The Balaban J connectivity index is 1.69. The van der Waals surface area contributed by atoms with E-state index in [-0.39, 0.29) is 6.10 Å². The van der Waals surface area contributed by atoms with Gasteiger partial charge in [0.15, 0.2) is 0 Å². The molecule has 1 atom stereocenters. The van der Waals surface area contributed by atoms with Crippen LogP contribution in [0.3, 0.4) is 0 Å². The fourth-order valence-corrected chi connectivity index (χ4v) is 4.03. The number of morpholine rings is 1. The monoisotopic (exact) mass is 310 g/mol. The quantitative estimate of drug-likeness (QED) is 0.864. The Bertz CT molecular complexity index is 595. The Kier molecular flexibility index (Phi) is 4.59. The lowest BCUT2D eigenvalue weighted by molar-refractivity contribution is 0.0324. The summed E-state index contributed by atoms with van der Waals surface area (Å²) >= 11 is 0. The van der Waals surface area contributed by atoms with Crippen molar-refractivity contribution in [2.24, 2.45) is 0 Å². The van der Waals surface area contributed by atoms with Gasteiger partial charge in [0.2, 0.25) is 10.0 Å². The molecule has 0 saturated carbocycles. The zero-order chi connectivity index (χ0) is 14.7. The van der Waals surface area contributed by atoms with Crippen molar-refractivity contribution in [1.82, 2.24) is 10.0 Å². The van der Waals surface area contributed by atoms with Gasteiger partial charge in [0.05, 0.1) is 17.6 Å². The molecule has 1 unspecified atom stereocenters. The largest absolute Gasteiger partial charge is 0.374 e. The zero-order valence-corrected chi connectivity index (χ0v) is 12.9. The van der Waals surface area contributed by atoms with Crippen molar-refractivity contribution >= 4 is 10.0 Å². The van der Waals surface area contributed by atoms with Gasteiger partial charge in [-0.2, -0.15) is 0 Å². The first-order valence-corrected chi connectivity index (χ1v) is 9.07. The standard InChI is InChI=1S/C15H22N2O3S/c18-21(19,17-11-14-10-16-7-8-20-14)15-6-5-12-3-1-2-4-13(12)9-15/h5-6,9,14,16-17H,1-4,7-8,10-11H2. The molecule has 1 aromatic rings. The summed E-state index contributed by atoms with van der Waals surface area (Å²) in [7, 11) is -3.45. The highest BCUT2D eigenvalue weighted by molar-refractivity contribution is 7.89. The lowest BCUT2D eigenvalue weighted by atomic mass is 9.92. The molecule has 0 aromatic heterocycles. The zero-order valence-electron chi connectivity index (χ0n) is 12.1. The van der Waals surface area contributed by atoms with E-state index in [4.69, 9.17) is 4.74 Å². The van der Waals surface area contributed by atoms with E-state index < -0.39 is 10.0 Å². The summed E-state index contributed by atoms with van der Waals surface area (Å²) in [6.45, 7) is 2.46. The molecule has 0 bridgehead atoms. The average molecular weight is 310 g/mol. The molecule has 116 valence electrons. The van der Waals surface area contributed by atoms with E-state index in [1.54, 1.807) is 6.07 Å². The molecular formula is C15H22N2O3S. The molecule has 1 fully saturated rings. The highest BCUT2D eigenvalue weighted by Crippen LogP contribution is 2.24. The van der Waals surface area contributed by atoms with Crippen molar-refractivity contribution < 1.29 is 13.2 Å². The molecule has 3 rings (SSSR count). The number of fused-ring (bicyclic) bond motifs is 1. The number of hydrogen-bond acceptors (Lipinski definition) is 4. The molecule has 0 radical (unpaired) electrons.